The van der Waals surface area contributed by atoms with E-state index in [9.17, 15) is 10.1 Å². The number of rotatable bonds is 6. The number of aryl methyl sites for hydroxylation is 2. The highest BCUT2D eigenvalue weighted by molar-refractivity contribution is 9.10. The Balaban J connectivity index is 1.85. The lowest BCUT2D eigenvalue weighted by Crippen LogP contribution is -2.14. The fourth-order valence-corrected chi connectivity index (χ4v) is 3.61. The quantitative estimate of drug-likeness (QED) is 0.283. The summed E-state index contributed by atoms with van der Waals surface area (Å²) in [6.07, 6.45) is 1.52. The Morgan fingerprint density at radius 1 is 1.12 bits per heavy atom. The van der Waals surface area contributed by atoms with Gasteiger partial charge in [0.25, 0.3) is 5.91 Å². The third-order valence-electron chi connectivity index (χ3n) is 5.12. The number of nitriles is 1. The Labute approximate surface area is 201 Å². The van der Waals surface area contributed by atoms with Crippen LogP contribution in [0.5, 0.6) is 5.75 Å². The predicted molar refractivity (Wildman–Crippen MR) is 133 cm³/mol. The van der Waals surface area contributed by atoms with Gasteiger partial charge in [-0.05, 0) is 79.4 Å². The van der Waals surface area contributed by atoms with Gasteiger partial charge in [-0.25, -0.2) is 0 Å². The molecule has 0 saturated heterocycles. The van der Waals surface area contributed by atoms with Gasteiger partial charge in [-0.2, -0.15) is 5.26 Å². The average molecular weight is 510 g/mol. The molecule has 1 amide bonds. The lowest BCUT2D eigenvalue weighted by molar-refractivity contribution is -0.112. The number of anilines is 1. The number of hydrogen-bond acceptors (Lipinski definition) is 3. The Hall–Kier alpha value is -3.07. The van der Waals surface area contributed by atoms with Crippen molar-refractivity contribution >= 4 is 45.2 Å². The normalized spacial score (nSPS) is 11.1. The van der Waals surface area contributed by atoms with E-state index in [0.717, 1.165) is 15.6 Å². The standard InChI is InChI=1S/C26H22BrClN2O2/c1-16-7-8-19(11-17(16)2)15-32-25-10-9-22(27)13-20(25)12-21(14-29)26(31)30-24-6-4-5-23(28)18(24)3/h4-13H,15H2,1-3H3,(H,30,31)/b21-12+. The van der Waals surface area contributed by atoms with Crippen molar-refractivity contribution in [2.24, 2.45) is 0 Å². The van der Waals surface area contributed by atoms with E-state index in [-0.39, 0.29) is 5.57 Å². The van der Waals surface area contributed by atoms with Crippen molar-refractivity contribution in [2.75, 3.05) is 5.32 Å². The fraction of sp³-hybridized carbons (Fsp3) is 0.154. The molecule has 4 nitrogen and oxygen atoms in total. The average Bonchev–Trinajstić information content (AvgIpc) is 2.76. The molecule has 3 aromatic carbocycles. The minimum atomic E-state index is -0.516. The van der Waals surface area contributed by atoms with E-state index in [1.54, 1.807) is 25.1 Å². The maximum Gasteiger partial charge on any atom is 0.266 e. The molecule has 0 heterocycles. The van der Waals surface area contributed by atoms with Crippen LogP contribution in [-0.4, -0.2) is 5.91 Å². The largest absolute Gasteiger partial charge is 0.488 e. The van der Waals surface area contributed by atoms with Crippen LogP contribution in [0.15, 0.2) is 64.6 Å². The third-order valence-corrected chi connectivity index (χ3v) is 6.02. The monoisotopic (exact) mass is 508 g/mol. The molecule has 0 aliphatic heterocycles. The van der Waals surface area contributed by atoms with Gasteiger partial charge in [0.2, 0.25) is 0 Å². The smallest absolute Gasteiger partial charge is 0.266 e. The number of carbonyl (C=O) groups is 1. The molecule has 162 valence electrons. The molecule has 0 aliphatic rings. The van der Waals surface area contributed by atoms with Gasteiger partial charge in [0.1, 0.15) is 24.0 Å². The summed E-state index contributed by atoms with van der Waals surface area (Å²) < 4.78 is 6.84. The molecule has 0 fully saturated rings. The van der Waals surface area contributed by atoms with E-state index in [4.69, 9.17) is 16.3 Å². The zero-order valence-electron chi connectivity index (χ0n) is 18.0. The number of halogens is 2. The molecule has 3 rings (SSSR count). The number of nitrogens with one attached hydrogen (secondary N) is 1. The van der Waals surface area contributed by atoms with Crippen molar-refractivity contribution < 1.29 is 9.53 Å². The molecule has 0 aromatic heterocycles. The van der Waals surface area contributed by atoms with Crippen LogP contribution in [0.2, 0.25) is 5.02 Å². The lowest BCUT2D eigenvalue weighted by atomic mass is 10.1. The van der Waals surface area contributed by atoms with Crippen molar-refractivity contribution in [2.45, 2.75) is 27.4 Å². The first-order chi connectivity index (χ1) is 15.3. The summed E-state index contributed by atoms with van der Waals surface area (Å²) in [6.45, 7) is 6.31. The number of hydrogen-bond donors (Lipinski definition) is 1. The summed E-state index contributed by atoms with van der Waals surface area (Å²) in [5, 5.41) is 12.9. The van der Waals surface area contributed by atoms with Gasteiger partial charge >= 0.3 is 0 Å². The summed E-state index contributed by atoms with van der Waals surface area (Å²) >= 11 is 9.58. The van der Waals surface area contributed by atoms with Crippen molar-refractivity contribution in [3.63, 3.8) is 0 Å². The van der Waals surface area contributed by atoms with Crippen molar-refractivity contribution in [3.05, 3.63) is 97.5 Å². The van der Waals surface area contributed by atoms with Gasteiger partial charge in [0.15, 0.2) is 0 Å². The fourth-order valence-electron chi connectivity index (χ4n) is 3.05. The molecule has 1 N–H and O–H groups in total. The first-order valence-electron chi connectivity index (χ1n) is 9.95. The van der Waals surface area contributed by atoms with Crippen LogP contribution < -0.4 is 10.1 Å². The maximum absolute atomic E-state index is 12.8. The summed E-state index contributed by atoms with van der Waals surface area (Å²) in [5.74, 6) is 0.0591. The highest BCUT2D eigenvalue weighted by Gasteiger charge is 2.14. The minimum absolute atomic E-state index is 0.0431. The van der Waals surface area contributed by atoms with Gasteiger partial charge in [0.05, 0.1) is 0 Å². The highest BCUT2D eigenvalue weighted by Crippen LogP contribution is 2.28. The lowest BCUT2D eigenvalue weighted by Gasteiger charge is -2.12. The zero-order valence-corrected chi connectivity index (χ0v) is 20.3. The molecule has 0 aliphatic carbocycles. The first-order valence-corrected chi connectivity index (χ1v) is 11.1. The number of amides is 1. The minimum Gasteiger partial charge on any atom is -0.488 e. The van der Waals surface area contributed by atoms with Gasteiger partial charge in [0, 0.05) is 20.7 Å². The van der Waals surface area contributed by atoms with E-state index >= 15 is 0 Å². The zero-order chi connectivity index (χ0) is 23.3. The second kappa shape index (κ2) is 10.5. The number of benzene rings is 3. The van der Waals surface area contributed by atoms with Gasteiger partial charge in [-0.15, -0.1) is 0 Å². The SMILES string of the molecule is Cc1ccc(COc2ccc(Br)cc2/C=C(\C#N)C(=O)Nc2cccc(Cl)c2C)cc1C. The van der Waals surface area contributed by atoms with E-state index in [0.29, 0.717) is 28.6 Å². The van der Waals surface area contributed by atoms with Crippen molar-refractivity contribution in [1.29, 1.82) is 5.26 Å². The van der Waals surface area contributed by atoms with Crippen molar-refractivity contribution in [3.8, 4) is 11.8 Å². The molecule has 3 aromatic rings. The van der Waals surface area contributed by atoms with Gasteiger partial charge in [-0.3, -0.25) is 4.79 Å². The van der Waals surface area contributed by atoms with Crippen LogP contribution in [0.1, 0.15) is 27.8 Å². The Bertz CT molecular complexity index is 1250. The second-order valence-electron chi connectivity index (χ2n) is 7.43. The first kappa shape index (κ1) is 23.6. The number of ether oxygens (including phenoxy) is 1. The van der Waals surface area contributed by atoms with E-state index in [2.05, 4.69) is 47.2 Å². The van der Waals surface area contributed by atoms with Gasteiger partial charge in [-0.1, -0.05) is 51.8 Å². The molecule has 0 radical (unpaired) electrons. The summed E-state index contributed by atoms with van der Waals surface area (Å²) in [6, 6.07) is 18.9. The van der Waals surface area contributed by atoms with Crippen LogP contribution >= 0.6 is 27.5 Å². The summed E-state index contributed by atoms with van der Waals surface area (Å²) in [5.41, 5.74) is 5.34. The Morgan fingerprint density at radius 3 is 2.62 bits per heavy atom. The molecule has 0 spiro atoms. The maximum atomic E-state index is 12.8. The van der Waals surface area contributed by atoms with Crippen LogP contribution in [0, 0.1) is 32.1 Å². The Kier molecular flexibility index (Phi) is 7.74. The molecular weight excluding hydrogens is 488 g/mol. The summed E-state index contributed by atoms with van der Waals surface area (Å²) in [7, 11) is 0. The molecule has 32 heavy (non-hydrogen) atoms. The predicted octanol–water partition coefficient (Wildman–Crippen LogP) is 7.15. The van der Waals surface area contributed by atoms with E-state index in [1.807, 2.05) is 30.3 Å². The van der Waals surface area contributed by atoms with Crippen molar-refractivity contribution in [1.82, 2.24) is 0 Å². The number of nitrogens with zero attached hydrogens (tertiary/aromatic N) is 1. The molecule has 0 atom stereocenters. The Morgan fingerprint density at radius 2 is 1.91 bits per heavy atom. The van der Waals surface area contributed by atoms with Crippen LogP contribution in [0.25, 0.3) is 6.08 Å². The van der Waals surface area contributed by atoms with Crippen LogP contribution in [0.3, 0.4) is 0 Å². The van der Waals surface area contributed by atoms with Crippen LogP contribution in [0.4, 0.5) is 5.69 Å². The van der Waals surface area contributed by atoms with E-state index in [1.165, 1.54) is 17.2 Å². The summed E-state index contributed by atoms with van der Waals surface area (Å²) in [4.78, 5) is 12.8. The molecule has 6 heteroatoms. The number of carbonyl (C=O) groups excluding carboxylic acids is 1. The van der Waals surface area contributed by atoms with E-state index < -0.39 is 5.91 Å². The highest BCUT2D eigenvalue weighted by atomic mass is 79.9. The molecule has 0 bridgehead atoms. The van der Waals surface area contributed by atoms with Gasteiger partial charge < -0.3 is 10.1 Å². The molecule has 0 unspecified atom stereocenters. The topological polar surface area (TPSA) is 62.1 Å². The molecular formula is C26H22BrClN2O2. The second-order valence-corrected chi connectivity index (χ2v) is 8.75. The van der Waals surface area contributed by atoms with Crippen LogP contribution in [-0.2, 0) is 11.4 Å². The third kappa shape index (κ3) is 5.79. The molecule has 0 saturated carbocycles.